The molecule has 0 aliphatic carbocycles. The van der Waals surface area contributed by atoms with Gasteiger partial charge in [-0.05, 0) is 19.5 Å². The molecule has 0 radical (unpaired) electrons. The Morgan fingerprint density at radius 2 is 2.25 bits per heavy atom. The average molecular weight is 284 g/mol. The van der Waals surface area contributed by atoms with Crippen molar-refractivity contribution in [3.63, 3.8) is 0 Å². The van der Waals surface area contributed by atoms with Crippen LogP contribution in [-0.2, 0) is 4.74 Å². The Labute approximate surface area is 118 Å². The first kappa shape index (κ1) is 15.4. The largest absolute Gasteiger partial charge is 0.376 e. The quantitative estimate of drug-likeness (QED) is 0.898. The molecule has 20 heavy (non-hydrogen) atoms. The summed E-state index contributed by atoms with van der Waals surface area (Å²) in [7, 11) is 1.77. The first-order chi connectivity index (χ1) is 9.65. The number of hydrogen-bond donors (Lipinski definition) is 1. The molecule has 0 amide bonds. The van der Waals surface area contributed by atoms with Crippen LogP contribution in [0, 0.1) is 11.6 Å². The Kier molecular flexibility index (Phi) is 5.46. The van der Waals surface area contributed by atoms with Crippen LogP contribution in [0.25, 0.3) is 0 Å². The summed E-state index contributed by atoms with van der Waals surface area (Å²) in [6.45, 7) is 5.10. The molecule has 0 saturated carbocycles. The molecule has 112 valence electrons. The van der Waals surface area contributed by atoms with Crippen LogP contribution in [0.15, 0.2) is 18.2 Å². The third-order valence-electron chi connectivity index (χ3n) is 3.82. The number of benzene rings is 1. The van der Waals surface area contributed by atoms with Crippen LogP contribution in [0.2, 0.25) is 0 Å². The lowest BCUT2D eigenvalue weighted by molar-refractivity contribution is -0.0321. The summed E-state index contributed by atoms with van der Waals surface area (Å²) in [6.07, 6.45) is 1.20. The second-order valence-corrected chi connectivity index (χ2v) is 5.14. The van der Waals surface area contributed by atoms with Crippen LogP contribution in [0.3, 0.4) is 0 Å². The van der Waals surface area contributed by atoms with E-state index in [1.807, 2.05) is 0 Å². The van der Waals surface area contributed by atoms with Gasteiger partial charge in [-0.1, -0.05) is 19.1 Å². The minimum atomic E-state index is -0.795. The minimum Gasteiger partial charge on any atom is -0.376 e. The van der Waals surface area contributed by atoms with Crippen molar-refractivity contribution in [2.75, 3.05) is 33.3 Å². The van der Waals surface area contributed by atoms with Crippen molar-refractivity contribution in [2.24, 2.45) is 0 Å². The Bertz CT molecular complexity index is 442. The van der Waals surface area contributed by atoms with Gasteiger partial charge in [0.2, 0.25) is 0 Å². The Balaban J connectivity index is 2.07. The van der Waals surface area contributed by atoms with E-state index in [-0.39, 0.29) is 12.1 Å². The van der Waals surface area contributed by atoms with E-state index in [4.69, 9.17) is 4.74 Å². The number of morpholine rings is 1. The van der Waals surface area contributed by atoms with Crippen molar-refractivity contribution in [1.82, 2.24) is 10.2 Å². The van der Waals surface area contributed by atoms with Gasteiger partial charge in [0.25, 0.3) is 0 Å². The van der Waals surface area contributed by atoms with Gasteiger partial charge in [0, 0.05) is 31.2 Å². The molecule has 5 heteroatoms. The van der Waals surface area contributed by atoms with Crippen molar-refractivity contribution >= 4 is 0 Å². The van der Waals surface area contributed by atoms with E-state index in [1.165, 1.54) is 0 Å². The molecular weight excluding hydrogens is 262 g/mol. The van der Waals surface area contributed by atoms with Crippen molar-refractivity contribution in [3.8, 4) is 0 Å². The maximum absolute atomic E-state index is 13.9. The Hall–Kier alpha value is -1.04. The normalized spacial score (nSPS) is 21.9. The molecule has 2 atom stereocenters. The molecule has 0 aromatic heterocycles. The smallest absolute Gasteiger partial charge is 0.163 e. The summed E-state index contributed by atoms with van der Waals surface area (Å²) < 4.78 is 32.8. The molecule has 2 unspecified atom stereocenters. The molecule has 1 fully saturated rings. The Morgan fingerprint density at radius 3 is 2.95 bits per heavy atom. The Morgan fingerprint density at radius 1 is 1.45 bits per heavy atom. The topological polar surface area (TPSA) is 24.5 Å². The number of halogens is 2. The zero-order valence-electron chi connectivity index (χ0n) is 12.0. The molecule has 1 aliphatic rings. The van der Waals surface area contributed by atoms with Gasteiger partial charge >= 0.3 is 0 Å². The standard InChI is InChI=1S/C15H22F2N2O/c1-3-11-9-19(7-8-20-11)10-14(18-2)12-5-4-6-13(16)15(12)17/h4-6,11,14,18H,3,7-10H2,1-2H3. The maximum atomic E-state index is 13.9. The summed E-state index contributed by atoms with van der Waals surface area (Å²) >= 11 is 0. The van der Waals surface area contributed by atoms with Gasteiger partial charge in [0.05, 0.1) is 12.7 Å². The highest BCUT2D eigenvalue weighted by Gasteiger charge is 2.24. The number of nitrogens with one attached hydrogen (secondary N) is 1. The monoisotopic (exact) mass is 284 g/mol. The predicted molar refractivity (Wildman–Crippen MR) is 74.6 cm³/mol. The minimum absolute atomic E-state index is 0.221. The molecule has 1 aromatic carbocycles. The van der Waals surface area contributed by atoms with Crippen LogP contribution in [0.4, 0.5) is 8.78 Å². The zero-order chi connectivity index (χ0) is 14.5. The lowest BCUT2D eigenvalue weighted by Gasteiger charge is -2.34. The summed E-state index contributed by atoms with van der Waals surface area (Å²) in [6, 6.07) is 4.11. The summed E-state index contributed by atoms with van der Waals surface area (Å²) in [4.78, 5) is 2.24. The molecule has 0 bridgehead atoms. The van der Waals surface area contributed by atoms with Gasteiger partial charge in [-0.2, -0.15) is 0 Å². The van der Waals surface area contributed by atoms with Gasteiger partial charge in [-0.25, -0.2) is 8.78 Å². The molecule has 0 spiro atoms. The van der Waals surface area contributed by atoms with E-state index in [0.717, 1.165) is 25.6 Å². The SMILES string of the molecule is CCC1CN(CC(NC)c2cccc(F)c2F)CCO1. The zero-order valence-corrected chi connectivity index (χ0v) is 12.0. The van der Waals surface area contributed by atoms with Crippen LogP contribution >= 0.6 is 0 Å². The second-order valence-electron chi connectivity index (χ2n) is 5.14. The molecular formula is C15H22F2N2O. The molecule has 1 aromatic rings. The molecule has 1 heterocycles. The van der Waals surface area contributed by atoms with Gasteiger partial charge < -0.3 is 10.1 Å². The van der Waals surface area contributed by atoms with E-state index >= 15 is 0 Å². The molecule has 1 N–H and O–H groups in total. The van der Waals surface area contributed by atoms with Gasteiger partial charge in [0.15, 0.2) is 11.6 Å². The molecule has 3 nitrogen and oxygen atoms in total. The predicted octanol–water partition coefficient (Wildman–Crippen LogP) is 2.34. The lowest BCUT2D eigenvalue weighted by Crippen LogP contribution is -2.45. The fourth-order valence-corrected chi connectivity index (χ4v) is 2.59. The van der Waals surface area contributed by atoms with E-state index < -0.39 is 11.6 Å². The van der Waals surface area contributed by atoms with Crippen molar-refractivity contribution in [1.29, 1.82) is 0 Å². The van der Waals surface area contributed by atoms with E-state index in [1.54, 1.807) is 19.2 Å². The third kappa shape index (κ3) is 3.53. The maximum Gasteiger partial charge on any atom is 0.163 e. The van der Waals surface area contributed by atoms with Crippen molar-refractivity contribution in [3.05, 3.63) is 35.4 Å². The third-order valence-corrected chi connectivity index (χ3v) is 3.82. The lowest BCUT2D eigenvalue weighted by atomic mass is 10.0. The van der Waals surface area contributed by atoms with E-state index in [9.17, 15) is 8.78 Å². The first-order valence-corrected chi connectivity index (χ1v) is 7.10. The number of ether oxygens (including phenoxy) is 1. The number of nitrogens with zero attached hydrogens (tertiary/aromatic N) is 1. The highest BCUT2D eigenvalue weighted by Crippen LogP contribution is 2.21. The van der Waals surface area contributed by atoms with Gasteiger partial charge in [-0.3, -0.25) is 4.90 Å². The van der Waals surface area contributed by atoms with Crippen LogP contribution in [0.5, 0.6) is 0 Å². The highest BCUT2D eigenvalue weighted by molar-refractivity contribution is 5.23. The van der Waals surface area contributed by atoms with Crippen molar-refractivity contribution in [2.45, 2.75) is 25.5 Å². The fourth-order valence-electron chi connectivity index (χ4n) is 2.59. The molecule has 1 saturated heterocycles. The summed E-state index contributed by atoms with van der Waals surface area (Å²) in [5.74, 6) is -1.55. The van der Waals surface area contributed by atoms with E-state index in [0.29, 0.717) is 18.7 Å². The number of likely N-dealkylation sites (N-methyl/N-ethyl adjacent to an activating group) is 1. The average Bonchev–Trinajstić information content (AvgIpc) is 2.48. The van der Waals surface area contributed by atoms with Crippen LogP contribution < -0.4 is 5.32 Å². The van der Waals surface area contributed by atoms with Crippen LogP contribution in [-0.4, -0.2) is 44.3 Å². The number of hydrogen-bond acceptors (Lipinski definition) is 3. The number of rotatable bonds is 5. The molecule has 2 rings (SSSR count). The first-order valence-electron chi connectivity index (χ1n) is 7.10. The van der Waals surface area contributed by atoms with Crippen molar-refractivity contribution < 1.29 is 13.5 Å². The van der Waals surface area contributed by atoms with Gasteiger partial charge in [-0.15, -0.1) is 0 Å². The fraction of sp³-hybridized carbons (Fsp3) is 0.600. The van der Waals surface area contributed by atoms with Gasteiger partial charge in [0.1, 0.15) is 0 Å². The summed E-state index contributed by atoms with van der Waals surface area (Å²) in [5.41, 5.74) is 0.382. The van der Waals surface area contributed by atoms with E-state index in [2.05, 4.69) is 17.1 Å². The summed E-state index contributed by atoms with van der Waals surface area (Å²) in [5, 5.41) is 3.08. The second kappa shape index (κ2) is 7.11. The molecule has 1 aliphatic heterocycles. The highest BCUT2D eigenvalue weighted by atomic mass is 19.2. The van der Waals surface area contributed by atoms with Crippen LogP contribution in [0.1, 0.15) is 24.9 Å².